The maximum atomic E-state index is 9.50. The lowest BCUT2D eigenvalue weighted by Crippen LogP contribution is -2.09. The van der Waals surface area contributed by atoms with E-state index >= 15 is 0 Å². The highest BCUT2D eigenvalue weighted by atomic mass is 35.5. The van der Waals surface area contributed by atoms with Crippen molar-refractivity contribution in [1.82, 2.24) is 4.98 Å². The molecule has 102 valence electrons. The fourth-order valence-corrected chi connectivity index (χ4v) is 2.48. The lowest BCUT2D eigenvalue weighted by Gasteiger charge is -2.15. The van der Waals surface area contributed by atoms with Gasteiger partial charge in [0, 0.05) is 27.9 Å². The van der Waals surface area contributed by atoms with Crippen molar-refractivity contribution in [2.24, 2.45) is 0 Å². The molecule has 0 aliphatic heterocycles. The van der Waals surface area contributed by atoms with Crippen molar-refractivity contribution >= 4 is 28.2 Å². The zero-order valence-electron chi connectivity index (χ0n) is 11.1. The first-order chi connectivity index (χ1) is 10.3. The first-order valence-electron chi connectivity index (χ1n) is 6.53. The van der Waals surface area contributed by atoms with Crippen LogP contribution in [-0.4, -0.2) is 4.98 Å². The molecule has 0 aliphatic rings. The molecule has 0 aliphatic carbocycles. The first kappa shape index (κ1) is 13.4. The molecular formula is C17H12ClN3. The minimum Gasteiger partial charge on any atom is -0.366 e. The Morgan fingerprint density at radius 2 is 1.90 bits per heavy atom. The quantitative estimate of drug-likeness (QED) is 0.770. The molecule has 21 heavy (non-hydrogen) atoms. The van der Waals surface area contributed by atoms with E-state index in [1.54, 1.807) is 18.3 Å². The summed E-state index contributed by atoms with van der Waals surface area (Å²) >= 11 is 5.98. The molecule has 0 saturated heterocycles. The van der Waals surface area contributed by atoms with Gasteiger partial charge in [-0.2, -0.15) is 5.26 Å². The smallest absolute Gasteiger partial charge is 0.142 e. The van der Waals surface area contributed by atoms with Crippen molar-refractivity contribution in [2.45, 2.75) is 6.04 Å². The predicted molar refractivity (Wildman–Crippen MR) is 85.2 cm³/mol. The largest absolute Gasteiger partial charge is 0.366 e. The fraction of sp³-hybridized carbons (Fsp3) is 0.0588. The second kappa shape index (κ2) is 5.82. The van der Waals surface area contributed by atoms with Crippen LogP contribution in [0.5, 0.6) is 0 Å². The number of halogens is 1. The van der Waals surface area contributed by atoms with Crippen LogP contribution in [0, 0.1) is 11.3 Å². The van der Waals surface area contributed by atoms with Gasteiger partial charge in [0.25, 0.3) is 0 Å². The molecule has 0 radical (unpaired) electrons. The number of nitriles is 1. The third-order valence-electron chi connectivity index (χ3n) is 3.24. The molecule has 0 fully saturated rings. The van der Waals surface area contributed by atoms with Gasteiger partial charge in [-0.3, -0.25) is 4.98 Å². The number of fused-ring (bicyclic) bond motifs is 1. The summed E-state index contributed by atoms with van der Waals surface area (Å²) in [4.78, 5) is 4.39. The molecule has 1 atom stereocenters. The number of rotatable bonds is 3. The number of para-hydroxylation sites is 1. The summed E-state index contributed by atoms with van der Waals surface area (Å²) in [7, 11) is 0. The van der Waals surface area contributed by atoms with Crippen LogP contribution in [0.1, 0.15) is 11.6 Å². The van der Waals surface area contributed by atoms with Crippen LogP contribution < -0.4 is 5.32 Å². The average Bonchev–Trinajstić information content (AvgIpc) is 2.52. The van der Waals surface area contributed by atoms with Gasteiger partial charge in [-0.05, 0) is 24.3 Å². The van der Waals surface area contributed by atoms with Crippen LogP contribution in [0.4, 0.5) is 5.69 Å². The molecule has 1 N–H and O–H groups in total. The van der Waals surface area contributed by atoms with E-state index in [0.717, 1.165) is 22.2 Å². The molecule has 4 heteroatoms. The second-order valence-electron chi connectivity index (χ2n) is 4.64. The Bertz CT molecular complexity index is 818. The van der Waals surface area contributed by atoms with Crippen molar-refractivity contribution in [2.75, 3.05) is 5.32 Å². The van der Waals surface area contributed by atoms with Gasteiger partial charge >= 0.3 is 0 Å². The van der Waals surface area contributed by atoms with Crippen LogP contribution in [0.25, 0.3) is 10.9 Å². The van der Waals surface area contributed by atoms with Crippen molar-refractivity contribution in [1.29, 1.82) is 5.26 Å². The standard InChI is InChI=1S/C17H12ClN3/c18-13-6-2-7-14(10-13)21-16(11-19)15-8-1-4-12-5-3-9-20-17(12)15/h1-10,16,21H. The maximum Gasteiger partial charge on any atom is 0.142 e. The van der Waals surface area contributed by atoms with Crippen LogP contribution in [-0.2, 0) is 0 Å². The Balaban J connectivity index is 2.01. The summed E-state index contributed by atoms with van der Waals surface area (Å²) in [6.07, 6.45) is 1.74. The van der Waals surface area contributed by atoms with Crippen molar-refractivity contribution in [3.8, 4) is 6.07 Å². The summed E-state index contributed by atoms with van der Waals surface area (Å²) in [5.41, 5.74) is 2.50. The third kappa shape index (κ3) is 2.81. The Kier molecular flexibility index (Phi) is 3.72. The Hall–Kier alpha value is -2.57. The monoisotopic (exact) mass is 293 g/mol. The fourth-order valence-electron chi connectivity index (χ4n) is 2.29. The van der Waals surface area contributed by atoms with Crippen LogP contribution in [0.2, 0.25) is 5.02 Å². The summed E-state index contributed by atoms with van der Waals surface area (Å²) in [5.74, 6) is 0. The molecule has 0 amide bonds. The van der Waals surface area contributed by atoms with Crippen molar-refractivity contribution in [3.05, 3.63) is 71.4 Å². The van der Waals surface area contributed by atoms with E-state index < -0.39 is 6.04 Å². The van der Waals surface area contributed by atoms with Gasteiger partial charge in [-0.15, -0.1) is 0 Å². The number of hydrogen-bond acceptors (Lipinski definition) is 3. The van der Waals surface area contributed by atoms with E-state index in [-0.39, 0.29) is 0 Å². The second-order valence-corrected chi connectivity index (χ2v) is 5.08. The molecular weight excluding hydrogens is 282 g/mol. The lowest BCUT2D eigenvalue weighted by atomic mass is 10.0. The number of aromatic nitrogens is 1. The van der Waals surface area contributed by atoms with E-state index in [1.165, 1.54) is 0 Å². The number of anilines is 1. The van der Waals surface area contributed by atoms with Gasteiger partial charge in [0.2, 0.25) is 0 Å². The SMILES string of the molecule is N#CC(Nc1cccc(Cl)c1)c1cccc2cccnc12. The predicted octanol–water partition coefficient (Wildman–Crippen LogP) is 4.56. The van der Waals surface area contributed by atoms with Gasteiger partial charge in [0.05, 0.1) is 11.6 Å². The van der Waals surface area contributed by atoms with Crippen LogP contribution in [0.15, 0.2) is 60.8 Å². The van der Waals surface area contributed by atoms with E-state index in [9.17, 15) is 5.26 Å². The highest BCUT2D eigenvalue weighted by Crippen LogP contribution is 2.26. The summed E-state index contributed by atoms with van der Waals surface area (Å²) in [6, 6.07) is 18.8. The van der Waals surface area contributed by atoms with Gasteiger partial charge in [0.15, 0.2) is 0 Å². The van der Waals surface area contributed by atoms with Crippen molar-refractivity contribution in [3.63, 3.8) is 0 Å². The molecule has 0 saturated carbocycles. The van der Waals surface area contributed by atoms with Gasteiger partial charge < -0.3 is 5.32 Å². The molecule has 2 aromatic carbocycles. The third-order valence-corrected chi connectivity index (χ3v) is 3.47. The summed E-state index contributed by atoms with van der Waals surface area (Å²) in [6.45, 7) is 0. The summed E-state index contributed by atoms with van der Waals surface area (Å²) in [5, 5.41) is 14.3. The van der Waals surface area contributed by atoms with E-state index in [2.05, 4.69) is 16.4 Å². The van der Waals surface area contributed by atoms with Gasteiger partial charge in [-0.1, -0.05) is 41.9 Å². The Morgan fingerprint density at radius 1 is 1.10 bits per heavy atom. The highest BCUT2D eigenvalue weighted by molar-refractivity contribution is 6.30. The molecule has 0 bridgehead atoms. The highest BCUT2D eigenvalue weighted by Gasteiger charge is 2.14. The number of hydrogen-bond donors (Lipinski definition) is 1. The Morgan fingerprint density at radius 3 is 2.71 bits per heavy atom. The van der Waals surface area contributed by atoms with E-state index in [1.807, 2.05) is 42.5 Å². The topological polar surface area (TPSA) is 48.7 Å². The average molecular weight is 294 g/mol. The van der Waals surface area contributed by atoms with Crippen molar-refractivity contribution < 1.29 is 0 Å². The number of nitrogens with zero attached hydrogens (tertiary/aromatic N) is 2. The molecule has 1 aromatic heterocycles. The number of benzene rings is 2. The van der Waals surface area contributed by atoms with Crippen LogP contribution in [0.3, 0.4) is 0 Å². The minimum absolute atomic E-state index is 0.484. The number of pyridine rings is 1. The van der Waals surface area contributed by atoms with Gasteiger partial charge in [-0.25, -0.2) is 0 Å². The van der Waals surface area contributed by atoms with E-state index in [4.69, 9.17) is 11.6 Å². The molecule has 0 spiro atoms. The van der Waals surface area contributed by atoms with E-state index in [0.29, 0.717) is 5.02 Å². The Labute approximate surface area is 127 Å². The lowest BCUT2D eigenvalue weighted by molar-refractivity contribution is 1.00. The normalized spacial score (nSPS) is 11.8. The molecule has 3 rings (SSSR count). The molecule has 3 nitrogen and oxygen atoms in total. The number of nitrogens with one attached hydrogen (secondary N) is 1. The molecule has 3 aromatic rings. The zero-order chi connectivity index (χ0) is 14.7. The van der Waals surface area contributed by atoms with Crippen LogP contribution >= 0.6 is 11.6 Å². The maximum absolute atomic E-state index is 9.50. The molecule has 1 unspecified atom stereocenters. The zero-order valence-corrected chi connectivity index (χ0v) is 11.9. The molecule has 1 heterocycles. The minimum atomic E-state index is -0.484. The van der Waals surface area contributed by atoms with Gasteiger partial charge in [0.1, 0.15) is 6.04 Å². The first-order valence-corrected chi connectivity index (χ1v) is 6.91. The summed E-state index contributed by atoms with van der Waals surface area (Å²) < 4.78 is 0.